The van der Waals surface area contributed by atoms with Crippen molar-refractivity contribution in [1.29, 1.82) is 0 Å². The normalized spacial score (nSPS) is 19.8. The zero-order chi connectivity index (χ0) is 20.4. The molecular weight excluding hydrogens is 402 g/mol. The van der Waals surface area contributed by atoms with Crippen LogP contribution in [0.1, 0.15) is 49.5 Å². The van der Waals surface area contributed by atoms with E-state index in [4.69, 9.17) is 4.98 Å². The Balaban J connectivity index is 1.63. The fourth-order valence-corrected chi connectivity index (χ4v) is 6.68. The van der Waals surface area contributed by atoms with Gasteiger partial charge in [-0.15, -0.1) is 17.9 Å². The highest BCUT2D eigenvalue weighted by molar-refractivity contribution is 7.99. The largest absolute Gasteiger partial charge is 0.342 e. The molecule has 0 spiro atoms. The third kappa shape index (κ3) is 4.31. The predicted molar refractivity (Wildman–Crippen MR) is 121 cm³/mol. The maximum Gasteiger partial charge on any atom is 0.263 e. The van der Waals surface area contributed by atoms with Crippen LogP contribution in [0.15, 0.2) is 22.6 Å². The van der Waals surface area contributed by atoms with E-state index in [2.05, 4.69) is 13.5 Å². The van der Waals surface area contributed by atoms with Gasteiger partial charge in [-0.25, -0.2) is 4.98 Å². The van der Waals surface area contributed by atoms with E-state index in [9.17, 15) is 9.59 Å². The van der Waals surface area contributed by atoms with E-state index in [0.717, 1.165) is 55.4 Å². The van der Waals surface area contributed by atoms with E-state index in [1.54, 1.807) is 22.0 Å². The number of carbonyl (C=O) groups is 1. The highest BCUT2D eigenvalue weighted by Crippen LogP contribution is 2.36. The van der Waals surface area contributed by atoms with Crippen molar-refractivity contribution in [2.45, 2.75) is 63.6 Å². The molecule has 0 saturated carbocycles. The molecule has 2 aliphatic rings. The van der Waals surface area contributed by atoms with E-state index in [1.807, 2.05) is 4.90 Å². The highest BCUT2D eigenvalue weighted by Gasteiger charge is 2.25. The average Bonchev–Trinajstić information content (AvgIpc) is 2.88. The summed E-state index contributed by atoms with van der Waals surface area (Å²) >= 11 is 3.06. The van der Waals surface area contributed by atoms with Crippen molar-refractivity contribution in [2.75, 3.05) is 18.8 Å². The summed E-state index contributed by atoms with van der Waals surface area (Å²) in [6.07, 6.45) is 9.43. The van der Waals surface area contributed by atoms with Crippen LogP contribution in [0.2, 0.25) is 0 Å². The van der Waals surface area contributed by atoms with Gasteiger partial charge in [0.1, 0.15) is 4.83 Å². The molecule has 2 aromatic heterocycles. The molecule has 0 aromatic carbocycles. The summed E-state index contributed by atoms with van der Waals surface area (Å²) in [5.74, 6) is 1.14. The number of hydrogen-bond donors (Lipinski definition) is 0. The van der Waals surface area contributed by atoms with Gasteiger partial charge in [0.25, 0.3) is 5.56 Å². The first-order valence-corrected chi connectivity index (χ1v) is 12.4. The molecule has 1 amide bonds. The lowest BCUT2D eigenvalue weighted by Crippen LogP contribution is -2.33. The van der Waals surface area contributed by atoms with Crippen LogP contribution in [0.25, 0.3) is 10.2 Å². The number of aryl methyl sites for hydroxylation is 1. The summed E-state index contributed by atoms with van der Waals surface area (Å²) in [5, 5.41) is 1.43. The molecule has 0 unspecified atom stereocenters. The Kier molecular flexibility index (Phi) is 6.44. The first kappa shape index (κ1) is 20.7. The lowest BCUT2D eigenvalue weighted by atomic mass is 9.89. The maximum absolute atomic E-state index is 13.3. The summed E-state index contributed by atoms with van der Waals surface area (Å²) in [5.41, 5.74) is 1.22. The van der Waals surface area contributed by atoms with Crippen molar-refractivity contribution >= 4 is 39.2 Å². The van der Waals surface area contributed by atoms with Crippen LogP contribution in [0.5, 0.6) is 0 Å². The number of likely N-dealkylation sites (tertiary alicyclic amines) is 1. The van der Waals surface area contributed by atoms with Crippen LogP contribution in [0, 0.1) is 5.92 Å². The second-order valence-electron chi connectivity index (χ2n) is 8.21. The van der Waals surface area contributed by atoms with Crippen molar-refractivity contribution in [2.24, 2.45) is 5.92 Å². The molecule has 2 aromatic rings. The van der Waals surface area contributed by atoms with Gasteiger partial charge < -0.3 is 4.90 Å². The molecule has 29 heavy (non-hydrogen) atoms. The van der Waals surface area contributed by atoms with Crippen LogP contribution in [-0.4, -0.2) is 39.2 Å². The third-order valence-corrected chi connectivity index (χ3v) is 8.08. The predicted octanol–water partition coefficient (Wildman–Crippen LogP) is 4.26. The SMILES string of the molecule is C=CCn1c(SCC(=O)N2CCCCCC2)nc2sc3c(c2c1=O)CC[C@@H](C)C3. The molecule has 3 heterocycles. The first-order chi connectivity index (χ1) is 14.1. The summed E-state index contributed by atoms with van der Waals surface area (Å²) in [6, 6.07) is 0. The van der Waals surface area contributed by atoms with Gasteiger partial charge in [-0.3, -0.25) is 14.2 Å². The Labute approximate surface area is 180 Å². The quantitative estimate of drug-likeness (QED) is 0.403. The molecule has 1 aliphatic heterocycles. The average molecular weight is 432 g/mol. The number of allylic oxidation sites excluding steroid dienone is 1. The van der Waals surface area contributed by atoms with Gasteiger partial charge in [0.15, 0.2) is 5.16 Å². The fraction of sp³-hybridized carbons (Fsp3) is 0.591. The molecule has 0 bridgehead atoms. The van der Waals surface area contributed by atoms with Gasteiger partial charge in [0, 0.05) is 24.5 Å². The second kappa shape index (κ2) is 9.04. The van der Waals surface area contributed by atoms with E-state index in [0.29, 0.717) is 23.4 Å². The minimum atomic E-state index is 0.0201. The number of amides is 1. The number of rotatable bonds is 5. The van der Waals surface area contributed by atoms with Gasteiger partial charge in [-0.1, -0.05) is 37.6 Å². The van der Waals surface area contributed by atoms with Crippen molar-refractivity contribution in [1.82, 2.24) is 14.5 Å². The minimum Gasteiger partial charge on any atom is -0.342 e. The van der Waals surface area contributed by atoms with E-state index in [1.165, 1.54) is 35.0 Å². The number of carbonyl (C=O) groups excluding carboxylic acids is 1. The molecule has 4 rings (SSSR count). The van der Waals surface area contributed by atoms with Crippen LogP contribution < -0.4 is 5.56 Å². The van der Waals surface area contributed by atoms with Crippen molar-refractivity contribution in [3.05, 3.63) is 33.4 Å². The number of fused-ring (bicyclic) bond motifs is 3. The Bertz CT molecular complexity index is 971. The lowest BCUT2D eigenvalue weighted by molar-refractivity contribution is -0.128. The maximum atomic E-state index is 13.3. The fourth-order valence-electron chi connectivity index (χ4n) is 4.34. The Morgan fingerprint density at radius 3 is 2.79 bits per heavy atom. The Morgan fingerprint density at radius 2 is 2.07 bits per heavy atom. The van der Waals surface area contributed by atoms with Crippen molar-refractivity contribution in [3.63, 3.8) is 0 Å². The van der Waals surface area contributed by atoms with Gasteiger partial charge in [-0.05, 0) is 43.6 Å². The molecule has 156 valence electrons. The van der Waals surface area contributed by atoms with Crippen LogP contribution >= 0.6 is 23.1 Å². The topological polar surface area (TPSA) is 55.2 Å². The second-order valence-corrected chi connectivity index (χ2v) is 10.2. The van der Waals surface area contributed by atoms with E-state index >= 15 is 0 Å². The van der Waals surface area contributed by atoms with Gasteiger partial charge in [-0.2, -0.15) is 0 Å². The molecule has 1 atom stereocenters. The number of thiophene rings is 1. The van der Waals surface area contributed by atoms with Gasteiger partial charge in [0.05, 0.1) is 11.1 Å². The van der Waals surface area contributed by atoms with Crippen molar-refractivity contribution < 1.29 is 4.79 Å². The van der Waals surface area contributed by atoms with Crippen LogP contribution in [0.4, 0.5) is 0 Å². The highest BCUT2D eigenvalue weighted by atomic mass is 32.2. The Hall–Kier alpha value is -1.60. The Morgan fingerprint density at radius 1 is 1.31 bits per heavy atom. The van der Waals surface area contributed by atoms with Crippen LogP contribution in [-0.2, 0) is 24.2 Å². The van der Waals surface area contributed by atoms with Gasteiger partial charge >= 0.3 is 0 Å². The number of nitrogens with zero attached hydrogens (tertiary/aromatic N) is 3. The molecule has 7 heteroatoms. The van der Waals surface area contributed by atoms with Crippen molar-refractivity contribution in [3.8, 4) is 0 Å². The summed E-state index contributed by atoms with van der Waals surface area (Å²) in [7, 11) is 0. The van der Waals surface area contributed by atoms with E-state index < -0.39 is 0 Å². The molecule has 1 aliphatic carbocycles. The molecular formula is C22H29N3O2S2. The first-order valence-electron chi connectivity index (χ1n) is 10.6. The third-order valence-electron chi connectivity index (χ3n) is 5.98. The monoisotopic (exact) mass is 431 g/mol. The smallest absolute Gasteiger partial charge is 0.263 e. The number of aromatic nitrogens is 2. The molecule has 1 saturated heterocycles. The standard InChI is InChI=1S/C22H29N3O2S2/c1-3-10-25-21(27)19-16-9-8-15(2)13-17(16)29-20(19)23-22(25)28-14-18(26)24-11-6-4-5-7-12-24/h3,15H,1,4-14H2,2H3/t15-/m1/s1. The minimum absolute atomic E-state index is 0.0201. The molecule has 0 N–H and O–H groups in total. The summed E-state index contributed by atoms with van der Waals surface area (Å²) in [4.78, 5) is 35.0. The lowest BCUT2D eigenvalue weighted by Gasteiger charge is -2.20. The summed E-state index contributed by atoms with van der Waals surface area (Å²) in [6.45, 7) is 8.20. The molecule has 0 radical (unpaired) electrons. The van der Waals surface area contributed by atoms with Gasteiger partial charge in [0.2, 0.25) is 5.91 Å². The van der Waals surface area contributed by atoms with Crippen LogP contribution in [0.3, 0.4) is 0 Å². The number of hydrogen-bond acceptors (Lipinski definition) is 5. The van der Waals surface area contributed by atoms with E-state index in [-0.39, 0.29) is 11.5 Å². The summed E-state index contributed by atoms with van der Waals surface area (Å²) < 4.78 is 1.70. The molecule has 5 nitrogen and oxygen atoms in total. The zero-order valence-electron chi connectivity index (χ0n) is 17.1. The zero-order valence-corrected chi connectivity index (χ0v) is 18.7. The molecule has 1 fully saturated rings. The number of thioether (sulfide) groups is 1.